The fourth-order valence-electron chi connectivity index (χ4n) is 2.18. The highest BCUT2D eigenvalue weighted by atomic mass is 16.1. The van der Waals surface area contributed by atoms with Gasteiger partial charge in [0, 0.05) is 19.6 Å². The van der Waals surface area contributed by atoms with E-state index in [-0.39, 0.29) is 11.9 Å². The minimum atomic E-state index is 0.0269. The van der Waals surface area contributed by atoms with Crippen LogP contribution >= 0.6 is 0 Å². The standard InChI is InChI=1S/C15H25N3O/c1-4-9-18(11-15(19)17-3)14(10-16)13-7-5-12(2)6-8-13/h5-8,14H,4,9-11,16H2,1-3H3,(H,17,19). The molecule has 1 rings (SSSR count). The number of carbonyl (C=O) groups is 1. The van der Waals surface area contributed by atoms with E-state index in [4.69, 9.17) is 5.73 Å². The van der Waals surface area contributed by atoms with Crippen LogP contribution in [0.5, 0.6) is 0 Å². The zero-order valence-electron chi connectivity index (χ0n) is 12.1. The zero-order valence-corrected chi connectivity index (χ0v) is 12.1. The van der Waals surface area contributed by atoms with Gasteiger partial charge in [0.15, 0.2) is 0 Å². The van der Waals surface area contributed by atoms with Crippen molar-refractivity contribution in [2.24, 2.45) is 5.73 Å². The molecule has 0 spiro atoms. The van der Waals surface area contributed by atoms with E-state index in [1.807, 2.05) is 0 Å². The van der Waals surface area contributed by atoms with Gasteiger partial charge in [-0.2, -0.15) is 0 Å². The lowest BCUT2D eigenvalue weighted by Gasteiger charge is -2.30. The first-order valence-electron chi connectivity index (χ1n) is 6.83. The van der Waals surface area contributed by atoms with E-state index < -0.39 is 0 Å². The first kappa shape index (κ1) is 15.7. The summed E-state index contributed by atoms with van der Waals surface area (Å²) in [5.74, 6) is 0.0269. The molecule has 0 aromatic heterocycles. The van der Waals surface area contributed by atoms with Crippen LogP contribution in [0.15, 0.2) is 24.3 Å². The molecule has 0 bridgehead atoms. The number of rotatable bonds is 7. The predicted octanol–water partition coefficient (Wildman–Crippen LogP) is 1.45. The van der Waals surface area contributed by atoms with Crippen molar-refractivity contribution in [2.75, 3.05) is 26.7 Å². The molecule has 106 valence electrons. The van der Waals surface area contributed by atoms with Crippen LogP contribution in [0.25, 0.3) is 0 Å². The van der Waals surface area contributed by atoms with Gasteiger partial charge in [0.1, 0.15) is 0 Å². The van der Waals surface area contributed by atoms with Crippen molar-refractivity contribution in [3.05, 3.63) is 35.4 Å². The Morgan fingerprint density at radius 1 is 1.37 bits per heavy atom. The van der Waals surface area contributed by atoms with Crippen LogP contribution in [0, 0.1) is 6.92 Å². The normalized spacial score (nSPS) is 12.5. The third-order valence-corrected chi connectivity index (χ3v) is 3.26. The number of nitrogens with one attached hydrogen (secondary N) is 1. The van der Waals surface area contributed by atoms with Crippen LogP contribution in [-0.2, 0) is 4.79 Å². The van der Waals surface area contributed by atoms with Gasteiger partial charge < -0.3 is 11.1 Å². The molecule has 19 heavy (non-hydrogen) atoms. The molecule has 1 atom stereocenters. The van der Waals surface area contributed by atoms with Crippen molar-refractivity contribution in [3.63, 3.8) is 0 Å². The van der Waals surface area contributed by atoms with Gasteiger partial charge in [0.2, 0.25) is 5.91 Å². The van der Waals surface area contributed by atoms with Crippen LogP contribution in [0.4, 0.5) is 0 Å². The number of hydrogen-bond acceptors (Lipinski definition) is 3. The first-order valence-corrected chi connectivity index (χ1v) is 6.83. The number of hydrogen-bond donors (Lipinski definition) is 2. The molecule has 0 fully saturated rings. The molecule has 0 aliphatic rings. The van der Waals surface area contributed by atoms with Crippen LogP contribution < -0.4 is 11.1 Å². The van der Waals surface area contributed by atoms with Gasteiger partial charge in [-0.05, 0) is 25.5 Å². The maximum Gasteiger partial charge on any atom is 0.233 e. The van der Waals surface area contributed by atoms with Crippen LogP contribution in [-0.4, -0.2) is 37.5 Å². The average molecular weight is 263 g/mol. The fraction of sp³-hybridized carbons (Fsp3) is 0.533. The number of likely N-dealkylation sites (N-methyl/N-ethyl adjacent to an activating group) is 1. The SMILES string of the molecule is CCCN(CC(=O)NC)C(CN)c1ccc(C)cc1. The molecule has 0 heterocycles. The van der Waals surface area contributed by atoms with Crippen LogP contribution in [0.3, 0.4) is 0 Å². The molecule has 1 unspecified atom stereocenters. The summed E-state index contributed by atoms with van der Waals surface area (Å²) >= 11 is 0. The van der Waals surface area contributed by atoms with Crippen molar-refractivity contribution < 1.29 is 4.79 Å². The third-order valence-electron chi connectivity index (χ3n) is 3.26. The summed E-state index contributed by atoms with van der Waals surface area (Å²) < 4.78 is 0. The lowest BCUT2D eigenvalue weighted by Crippen LogP contribution is -2.41. The minimum absolute atomic E-state index is 0.0269. The highest BCUT2D eigenvalue weighted by Gasteiger charge is 2.20. The van der Waals surface area contributed by atoms with Crippen molar-refractivity contribution in [1.82, 2.24) is 10.2 Å². The van der Waals surface area contributed by atoms with E-state index in [1.165, 1.54) is 11.1 Å². The Morgan fingerprint density at radius 2 is 2.00 bits per heavy atom. The number of amides is 1. The second-order valence-corrected chi connectivity index (χ2v) is 4.81. The van der Waals surface area contributed by atoms with Gasteiger partial charge in [0.05, 0.1) is 6.54 Å². The number of benzene rings is 1. The van der Waals surface area contributed by atoms with E-state index in [0.29, 0.717) is 13.1 Å². The Bertz CT molecular complexity index is 389. The summed E-state index contributed by atoms with van der Waals surface area (Å²) in [6, 6.07) is 8.46. The Kier molecular flexibility index (Phi) is 6.53. The Hall–Kier alpha value is -1.39. The average Bonchev–Trinajstić information content (AvgIpc) is 2.41. The minimum Gasteiger partial charge on any atom is -0.358 e. The van der Waals surface area contributed by atoms with Crippen molar-refractivity contribution in [1.29, 1.82) is 0 Å². The summed E-state index contributed by atoms with van der Waals surface area (Å²) in [5.41, 5.74) is 8.32. The number of nitrogens with zero attached hydrogens (tertiary/aromatic N) is 1. The molecule has 1 amide bonds. The molecule has 4 nitrogen and oxygen atoms in total. The van der Waals surface area contributed by atoms with Gasteiger partial charge in [-0.1, -0.05) is 36.8 Å². The molecule has 0 saturated carbocycles. The molecule has 0 radical (unpaired) electrons. The second kappa shape index (κ2) is 7.92. The number of aryl methyl sites for hydroxylation is 1. The maximum atomic E-state index is 11.6. The van der Waals surface area contributed by atoms with E-state index in [2.05, 4.69) is 48.3 Å². The summed E-state index contributed by atoms with van der Waals surface area (Å²) in [6.07, 6.45) is 0.999. The molecule has 4 heteroatoms. The maximum absolute atomic E-state index is 11.6. The molecule has 0 aliphatic carbocycles. The predicted molar refractivity (Wildman–Crippen MR) is 78.9 cm³/mol. The Morgan fingerprint density at radius 3 is 2.47 bits per heavy atom. The smallest absolute Gasteiger partial charge is 0.233 e. The first-order chi connectivity index (χ1) is 9.12. The van der Waals surface area contributed by atoms with Crippen LogP contribution in [0.2, 0.25) is 0 Å². The van der Waals surface area contributed by atoms with E-state index in [9.17, 15) is 4.79 Å². The largest absolute Gasteiger partial charge is 0.358 e. The van der Waals surface area contributed by atoms with Crippen LogP contribution in [0.1, 0.15) is 30.5 Å². The Balaban J connectivity index is 2.88. The highest BCUT2D eigenvalue weighted by molar-refractivity contribution is 5.77. The van der Waals surface area contributed by atoms with Gasteiger partial charge in [-0.25, -0.2) is 0 Å². The van der Waals surface area contributed by atoms with Gasteiger partial charge in [-0.15, -0.1) is 0 Å². The van der Waals surface area contributed by atoms with Crippen molar-refractivity contribution in [3.8, 4) is 0 Å². The number of nitrogens with two attached hydrogens (primary N) is 1. The molecular weight excluding hydrogens is 238 g/mol. The third kappa shape index (κ3) is 4.65. The lowest BCUT2D eigenvalue weighted by molar-refractivity contribution is -0.122. The van der Waals surface area contributed by atoms with Crippen molar-refractivity contribution >= 4 is 5.91 Å². The molecular formula is C15H25N3O. The second-order valence-electron chi connectivity index (χ2n) is 4.81. The molecule has 0 saturated heterocycles. The quantitative estimate of drug-likeness (QED) is 0.783. The molecule has 3 N–H and O–H groups in total. The van der Waals surface area contributed by atoms with E-state index in [0.717, 1.165) is 13.0 Å². The van der Waals surface area contributed by atoms with Gasteiger partial charge in [-0.3, -0.25) is 9.69 Å². The lowest BCUT2D eigenvalue weighted by atomic mass is 10.0. The molecule has 0 aliphatic heterocycles. The summed E-state index contributed by atoms with van der Waals surface area (Å²) in [4.78, 5) is 13.8. The van der Waals surface area contributed by atoms with Crippen molar-refractivity contribution in [2.45, 2.75) is 26.3 Å². The number of carbonyl (C=O) groups excluding carboxylic acids is 1. The van der Waals surface area contributed by atoms with E-state index in [1.54, 1.807) is 7.05 Å². The van der Waals surface area contributed by atoms with E-state index >= 15 is 0 Å². The van der Waals surface area contributed by atoms with Gasteiger partial charge in [0.25, 0.3) is 0 Å². The Labute approximate surface area is 116 Å². The topological polar surface area (TPSA) is 58.4 Å². The monoisotopic (exact) mass is 263 g/mol. The summed E-state index contributed by atoms with van der Waals surface area (Å²) in [5, 5.41) is 2.67. The summed E-state index contributed by atoms with van der Waals surface area (Å²) in [7, 11) is 1.66. The fourth-order valence-corrected chi connectivity index (χ4v) is 2.18. The molecule has 1 aromatic carbocycles. The molecule has 1 aromatic rings. The highest BCUT2D eigenvalue weighted by Crippen LogP contribution is 2.20. The summed E-state index contributed by atoms with van der Waals surface area (Å²) in [6.45, 7) is 5.94. The van der Waals surface area contributed by atoms with Gasteiger partial charge >= 0.3 is 0 Å². The zero-order chi connectivity index (χ0) is 14.3.